The van der Waals surface area contributed by atoms with E-state index in [1.807, 2.05) is 6.92 Å². The number of hydrogen-bond acceptors (Lipinski definition) is 0. The Labute approximate surface area is 166 Å². The molecule has 0 N–H and O–H groups in total. The molecular formula is C26H44. The second-order valence-corrected chi connectivity index (χ2v) is 5.92. The third-order valence-corrected chi connectivity index (χ3v) is 3.80. The molecule has 0 unspecified atom stereocenters. The summed E-state index contributed by atoms with van der Waals surface area (Å²) in [5, 5.41) is 0. The highest BCUT2D eigenvalue weighted by Gasteiger charge is 1.96. The average molecular weight is 357 g/mol. The summed E-state index contributed by atoms with van der Waals surface area (Å²) in [4.78, 5) is 0. The number of benzene rings is 2. The van der Waals surface area contributed by atoms with Crippen molar-refractivity contribution in [1.82, 2.24) is 0 Å². The molecule has 0 aliphatic carbocycles. The van der Waals surface area contributed by atoms with Crippen LogP contribution in [-0.4, -0.2) is 0 Å². The minimum Gasteiger partial charge on any atom is -0.120 e. The molecule has 148 valence electrons. The van der Waals surface area contributed by atoms with E-state index in [9.17, 15) is 0 Å². The van der Waals surface area contributed by atoms with E-state index in [0.717, 1.165) is 12.8 Å². The fraction of sp³-hybridized carbons (Fsp3) is 0.462. The zero-order chi connectivity index (χ0) is 17.8. The molecule has 0 aliphatic rings. The van der Waals surface area contributed by atoms with E-state index < -0.39 is 0 Å². The van der Waals surface area contributed by atoms with Gasteiger partial charge in [-0.1, -0.05) is 83.7 Å². The van der Waals surface area contributed by atoms with E-state index in [-0.39, 0.29) is 22.3 Å². The smallest absolute Gasteiger partial charge is 0.00576 e. The van der Waals surface area contributed by atoms with E-state index in [0.29, 0.717) is 0 Å². The van der Waals surface area contributed by atoms with Crippen molar-refractivity contribution in [2.45, 2.75) is 83.6 Å². The van der Waals surface area contributed by atoms with E-state index in [2.05, 4.69) is 83.9 Å². The molecule has 0 spiro atoms. The quantitative estimate of drug-likeness (QED) is 0.450. The monoisotopic (exact) mass is 356 g/mol. The van der Waals surface area contributed by atoms with Gasteiger partial charge in [0.2, 0.25) is 0 Å². The van der Waals surface area contributed by atoms with Gasteiger partial charge in [0.05, 0.1) is 0 Å². The Morgan fingerprint density at radius 3 is 1.42 bits per heavy atom. The molecule has 0 aliphatic heterocycles. The molecule has 0 aromatic heterocycles. The molecule has 0 heterocycles. The zero-order valence-electron chi connectivity index (χ0n) is 16.0. The van der Waals surface area contributed by atoms with Gasteiger partial charge in [0.25, 0.3) is 0 Å². The van der Waals surface area contributed by atoms with Gasteiger partial charge >= 0.3 is 0 Å². The summed E-state index contributed by atoms with van der Waals surface area (Å²) in [6.45, 7) is 14.9. The second-order valence-electron chi connectivity index (χ2n) is 5.92. The van der Waals surface area contributed by atoms with Crippen LogP contribution in [0.1, 0.15) is 75.9 Å². The Morgan fingerprint density at radius 1 is 0.731 bits per heavy atom. The summed E-state index contributed by atoms with van der Waals surface area (Å²) in [6, 6.07) is 13.1. The molecule has 0 heteroatoms. The number of hydrogen-bond donors (Lipinski definition) is 0. The zero-order valence-corrected chi connectivity index (χ0v) is 16.0. The highest BCUT2D eigenvalue weighted by molar-refractivity contribution is 5.36. The Balaban J connectivity index is -0.000000142. The van der Waals surface area contributed by atoms with Crippen LogP contribution in [0.3, 0.4) is 0 Å². The standard InChI is InChI=1S/C10H14.C9H12.C4H6.3CH4/c1-7-5-8(2)10(4)9(3)6-7;1-3-9-6-4-8(2)5-7-9;1-3-4-2;;;/h5-6H,1-4H3;4-7H,3H2,1-2H3;1H,4H2,2H3;3*1H4. The maximum atomic E-state index is 4.78. The minimum atomic E-state index is 0. The van der Waals surface area contributed by atoms with Gasteiger partial charge in [0.15, 0.2) is 0 Å². The number of aryl methyl sites for hydroxylation is 5. The van der Waals surface area contributed by atoms with Crippen LogP contribution in [0.25, 0.3) is 0 Å². The Kier molecular flexibility index (Phi) is 21.7. The molecule has 2 rings (SSSR count). The number of rotatable bonds is 1. The fourth-order valence-corrected chi connectivity index (χ4v) is 2.08. The van der Waals surface area contributed by atoms with E-state index in [1.54, 1.807) is 0 Å². The van der Waals surface area contributed by atoms with Crippen LogP contribution in [0.5, 0.6) is 0 Å². The predicted molar refractivity (Wildman–Crippen MR) is 125 cm³/mol. The van der Waals surface area contributed by atoms with Crippen molar-refractivity contribution in [3.63, 3.8) is 0 Å². The third kappa shape index (κ3) is 13.3. The van der Waals surface area contributed by atoms with Crippen LogP contribution in [0.2, 0.25) is 0 Å². The fourth-order valence-electron chi connectivity index (χ4n) is 2.08. The largest absolute Gasteiger partial charge is 0.120 e. The molecule has 0 saturated heterocycles. The van der Waals surface area contributed by atoms with Gasteiger partial charge in [0, 0.05) is 6.42 Å². The molecule has 2 aromatic carbocycles. The molecule has 0 atom stereocenters. The molecule has 2 aromatic rings. The van der Waals surface area contributed by atoms with Crippen molar-refractivity contribution in [2.24, 2.45) is 0 Å². The summed E-state index contributed by atoms with van der Waals surface area (Å²) in [5.41, 5.74) is 8.34. The van der Waals surface area contributed by atoms with Crippen molar-refractivity contribution < 1.29 is 0 Å². The van der Waals surface area contributed by atoms with Gasteiger partial charge in [-0.2, -0.15) is 0 Å². The second kappa shape index (κ2) is 17.8. The first-order chi connectivity index (χ1) is 10.8. The SMILES string of the molecule is C.C.C.C#CCC.CCc1ccc(C)cc1.Cc1cc(C)c(C)c(C)c1. The highest BCUT2D eigenvalue weighted by Crippen LogP contribution is 2.13. The highest BCUT2D eigenvalue weighted by atomic mass is 14.0. The third-order valence-electron chi connectivity index (χ3n) is 3.80. The molecule has 0 radical (unpaired) electrons. The Bertz CT molecular complexity index is 586. The summed E-state index contributed by atoms with van der Waals surface area (Å²) in [7, 11) is 0. The first-order valence-electron chi connectivity index (χ1n) is 8.39. The normalized spacial score (nSPS) is 7.92. The van der Waals surface area contributed by atoms with E-state index in [1.165, 1.54) is 33.4 Å². The Hall–Kier alpha value is -2.00. The van der Waals surface area contributed by atoms with Gasteiger partial charge in [-0.15, -0.1) is 12.3 Å². The molecule has 26 heavy (non-hydrogen) atoms. The van der Waals surface area contributed by atoms with Crippen LogP contribution in [0, 0.1) is 47.0 Å². The molecule has 0 amide bonds. The lowest BCUT2D eigenvalue weighted by molar-refractivity contribution is 1.14. The van der Waals surface area contributed by atoms with Crippen molar-refractivity contribution in [1.29, 1.82) is 0 Å². The van der Waals surface area contributed by atoms with Gasteiger partial charge in [-0.25, -0.2) is 0 Å². The first-order valence-corrected chi connectivity index (χ1v) is 8.39. The van der Waals surface area contributed by atoms with Gasteiger partial charge in [0.1, 0.15) is 0 Å². The summed E-state index contributed by atoms with van der Waals surface area (Å²) in [5.74, 6) is 2.43. The maximum Gasteiger partial charge on any atom is 0.00576 e. The lowest BCUT2D eigenvalue weighted by atomic mass is 10.0. The van der Waals surface area contributed by atoms with Crippen molar-refractivity contribution >= 4 is 0 Å². The average Bonchev–Trinajstić information content (AvgIpc) is 2.54. The van der Waals surface area contributed by atoms with Crippen LogP contribution in [-0.2, 0) is 6.42 Å². The minimum absolute atomic E-state index is 0. The summed E-state index contributed by atoms with van der Waals surface area (Å²) < 4.78 is 0. The van der Waals surface area contributed by atoms with Crippen molar-refractivity contribution in [2.75, 3.05) is 0 Å². The molecule has 0 saturated carbocycles. The van der Waals surface area contributed by atoms with Gasteiger partial charge in [-0.05, 0) is 63.3 Å². The van der Waals surface area contributed by atoms with Crippen LogP contribution in [0.4, 0.5) is 0 Å². The molecule has 0 bridgehead atoms. The van der Waals surface area contributed by atoms with Crippen LogP contribution >= 0.6 is 0 Å². The van der Waals surface area contributed by atoms with E-state index in [4.69, 9.17) is 6.42 Å². The number of terminal acetylenes is 1. The van der Waals surface area contributed by atoms with Crippen LogP contribution < -0.4 is 0 Å². The molecule has 0 nitrogen and oxygen atoms in total. The lowest BCUT2D eigenvalue weighted by Crippen LogP contribution is -1.86. The van der Waals surface area contributed by atoms with Crippen LogP contribution in [0.15, 0.2) is 36.4 Å². The van der Waals surface area contributed by atoms with Gasteiger partial charge < -0.3 is 0 Å². The first kappa shape index (κ1) is 31.7. The maximum absolute atomic E-state index is 4.78. The van der Waals surface area contributed by atoms with Crippen molar-refractivity contribution in [3.8, 4) is 12.3 Å². The topological polar surface area (TPSA) is 0 Å². The molecule has 0 fully saturated rings. The lowest BCUT2D eigenvalue weighted by Gasteiger charge is -2.04. The molecular weight excluding hydrogens is 312 g/mol. The summed E-state index contributed by atoms with van der Waals surface area (Å²) >= 11 is 0. The van der Waals surface area contributed by atoms with E-state index >= 15 is 0 Å². The van der Waals surface area contributed by atoms with Crippen molar-refractivity contribution in [3.05, 3.63) is 69.8 Å². The predicted octanol–water partition coefficient (Wildman–Crippen LogP) is 8.42. The summed E-state index contributed by atoms with van der Waals surface area (Å²) in [6.07, 6.45) is 6.76. The Morgan fingerprint density at radius 2 is 1.12 bits per heavy atom. The van der Waals surface area contributed by atoms with Gasteiger partial charge in [-0.3, -0.25) is 0 Å².